The molecule has 0 aliphatic carbocycles. The summed E-state index contributed by atoms with van der Waals surface area (Å²) in [5, 5.41) is 23.1. The van der Waals surface area contributed by atoms with Crippen LogP contribution in [0.15, 0.2) is 24.3 Å². The van der Waals surface area contributed by atoms with Gasteiger partial charge in [-0.2, -0.15) is 0 Å². The Labute approximate surface area is 456 Å². The molecule has 1 amide bonds. The fourth-order valence-electron chi connectivity index (χ4n) is 10.4. The van der Waals surface area contributed by atoms with Crippen LogP contribution in [0.3, 0.4) is 0 Å². The van der Waals surface area contributed by atoms with E-state index in [1.54, 1.807) is 6.08 Å². The number of hydrogen-bond acceptors (Lipinski definition) is 5. The van der Waals surface area contributed by atoms with Crippen molar-refractivity contribution in [2.45, 2.75) is 379 Å². The Morgan fingerprint density at radius 2 is 0.644 bits per heavy atom. The van der Waals surface area contributed by atoms with Gasteiger partial charge in [-0.05, 0) is 57.8 Å². The average Bonchev–Trinajstić information content (AvgIpc) is 3.39. The molecule has 0 saturated heterocycles. The molecule has 0 heterocycles. The van der Waals surface area contributed by atoms with Gasteiger partial charge in [0.1, 0.15) is 0 Å². The van der Waals surface area contributed by atoms with Gasteiger partial charge in [-0.15, -0.1) is 0 Å². The lowest BCUT2D eigenvalue weighted by Gasteiger charge is -2.20. The number of carbonyl (C=O) groups excluding carboxylic acids is 2. The van der Waals surface area contributed by atoms with Crippen LogP contribution in [-0.4, -0.2) is 47.4 Å². The van der Waals surface area contributed by atoms with Gasteiger partial charge in [0.25, 0.3) is 0 Å². The van der Waals surface area contributed by atoms with E-state index in [9.17, 15) is 19.8 Å². The Hall–Kier alpha value is -1.66. The highest BCUT2D eigenvalue weighted by atomic mass is 16.5. The highest BCUT2D eigenvalue weighted by molar-refractivity contribution is 5.76. The summed E-state index contributed by atoms with van der Waals surface area (Å²) in [6.45, 7) is 4.93. The molecular weight excluding hydrogens is 899 g/mol. The van der Waals surface area contributed by atoms with E-state index in [-0.39, 0.29) is 18.5 Å². The monoisotopic (exact) mass is 1030 g/mol. The van der Waals surface area contributed by atoms with Crippen LogP contribution in [0.4, 0.5) is 0 Å². The second-order valence-corrected chi connectivity index (χ2v) is 22.8. The molecule has 0 radical (unpaired) electrons. The van der Waals surface area contributed by atoms with Gasteiger partial charge in [0.15, 0.2) is 0 Å². The van der Waals surface area contributed by atoms with Crippen molar-refractivity contribution in [1.29, 1.82) is 0 Å². The first-order chi connectivity index (χ1) is 36.0. The minimum absolute atomic E-state index is 0.0174. The Balaban J connectivity index is 3.39. The number of unbranched alkanes of at least 4 members (excludes halogenated alkanes) is 49. The van der Waals surface area contributed by atoms with Gasteiger partial charge in [0, 0.05) is 12.8 Å². The Morgan fingerprint density at radius 1 is 0.370 bits per heavy atom. The molecule has 6 heteroatoms. The number of nitrogens with one attached hydrogen (secondary N) is 1. The molecule has 0 bridgehead atoms. The molecule has 432 valence electrons. The zero-order valence-corrected chi connectivity index (χ0v) is 49.4. The third kappa shape index (κ3) is 59.4. The number of rotatable bonds is 62. The van der Waals surface area contributed by atoms with Crippen LogP contribution in [0, 0.1) is 0 Å². The normalized spacial score (nSPS) is 12.7. The molecule has 0 aromatic heterocycles. The molecule has 0 rings (SSSR count). The molecule has 0 aromatic carbocycles. The number of aliphatic hydroxyl groups excluding tert-OH is 2. The lowest BCUT2D eigenvalue weighted by atomic mass is 10.0. The van der Waals surface area contributed by atoms with Crippen molar-refractivity contribution in [2.24, 2.45) is 0 Å². The Kier molecular flexibility index (Phi) is 61.4. The fourth-order valence-corrected chi connectivity index (χ4v) is 10.4. The van der Waals surface area contributed by atoms with E-state index in [0.29, 0.717) is 19.4 Å². The lowest BCUT2D eigenvalue weighted by molar-refractivity contribution is -0.143. The molecule has 0 aromatic rings. The zero-order chi connectivity index (χ0) is 52.9. The van der Waals surface area contributed by atoms with Crippen LogP contribution < -0.4 is 5.32 Å². The van der Waals surface area contributed by atoms with E-state index < -0.39 is 12.1 Å². The van der Waals surface area contributed by atoms with E-state index in [1.807, 2.05) is 6.08 Å². The minimum atomic E-state index is -0.845. The van der Waals surface area contributed by atoms with Crippen molar-refractivity contribution in [3.8, 4) is 0 Å². The van der Waals surface area contributed by atoms with Gasteiger partial charge in [-0.1, -0.05) is 321 Å². The second kappa shape index (κ2) is 62.9. The van der Waals surface area contributed by atoms with E-state index >= 15 is 0 Å². The standard InChI is InChI=1S/C67H129NO5/c1-3-5-7-9-11-13-15-17-19-29-33-37-41-45-49-53-57-61-67(72)73-62-58-54-50-46-42-38-34-31-28-26-24-22-20-21-23-25-27-30-32-36-40-44-48-52-56-60-66(71)68-64(63-69)65(70)59-55-51-47-43-39-35-18-16-14-12-10-8-6-4-2/h21,23,55,59,64-65,69-70H,3-20,22,24-54,56-58,60-63H2,1-2H3,(H,68,71)/b23-21-,59-55+. The molecule has 0 saturated carbocycles. The predicted molar refractivity (Wildman–Crippen MR) is 320 cm³/mol. The summed E-state index contributed by atoms with van der Waals surface area (Å²) in [5.74, 6) is -0.0520. The van der Waals surface area contributed by atoms with E-state index in [0.717, 1.165) is 38.5 Å². The molecule has 6 nitrogen and oxygen atoms in total. The molecule has 73 heavy (non-hydrogen) atoms. The number of carbonyl (C=O) groups is 2. The van der Waals surface area contributed by atoms with Gasteiger partial charge >= 0.3 is 5.97 Å². The first-order valence-electron chi connectivity index (χ1n) is 33.1. The Bertz CT molecular complexity index is 1140. The fraction of sp³-hybridized carbons (Fsp3) is 0.910. The first-order valence-corrected chi connectivity index (χ1v) is 33.1. The number of esters is 1. The highest BCUT2D eigenvalue weighted by Crippen LogP contribution is 2.18. The zero-order valence-electron chi connectivity index (χ0n) is 49.4. The van der Waals surface area contributed by atoms with Gasteiger partial charge in [0.2, 0.25) is 5.91 Å². The maximum absolute atomic E-state index is 12.5. The molecular formula is C67H129NO5. The Morgan fingerprint density at radius 3 is 0.973 bits per heavy atom. The SMILES string of the molecule is CCCCCCCCCCCCCC/C=C/C(O)C(CO)NC(=O)CCCCCCCCCCC/C=C\CCCCCCCCCCCCCCOC(=O)CCCCCCCCCCCCCCCCCCC. The summed E-state index contributed by atoms with van der Waals surface area (Å²) in [7, 11) is 0. The molecule has 0 fully saturated rings. The van der Waals surface area contributed by atoms with Crippen molar-refractivity contribution in [1.82, 2.24) is 5.32 Å². The van der Waals surface area contributed by atoms with Crippen molar-refractivity contribution in [3.05, 3.63) is 24.3 Å². The molecule has 0 aliphatic heterocycles. The number of ether oxygens (including phenoxy) is 1. The van der Waals surface area contributed by atoms with Crippen molar-refractivity contribution in [3.63, 3.8) is 0 Å². The van der Waals surface area contributed by atoms with E-state index in [4.69, 9.17) is 4.74 Å². The van der Waals surface area contributed by atoms with Crippen molar-refractivity contribution < 1.29 is 24.5 Å². The summed E-state index contributed by atoms with van der Waals surface area (Å²) >= 11 is 0. The molecule has 0 aliphatic rings. The highest BCUT2D eigenvalue weighted by Gasteiger charge is 2.18. The number of hydrogen-bond donors (Lipinski definition) is 3. The van der Waals surface area contributed by atoms with Gasteiger partial charge in [0.05, 0.1) is 25.4 Å². The molecule has 2 atom stereocenters. The van der Waals surface area contributed by atoms with Crippen molar-refractivity contribution in [2.75, 3.05) is 13.2 Å². The van der Waals surface area contributed by atoms with E-state index in [1.165, 1.54) is 302 Å². The van der Waals surface area contributed by atoms with Crippen LogP contribution in [0.25, 0.3) is 0 Å². The molecule has 2 unspecified atom stereocenters. The van der Waals surface area contributed by atoms with Crippen LogP contribution in [0.5, 0.6) is 0 Å². The second-order valence-electron chi connectivity index (χ2n) is 22.8. The quantitative estimate of drug-likeness (QED) is 0.0320. The number of allylic oxidation sites excluding steroid dienone is 3. The summed E-state index contributed by atoms with van der Waals surface area (Å²) in [4.78, 5) is 24.6. The van der Waals surface area contributed by atoms with Crippen LogP contribution >= 0.6 is 0 Å². The van der Waals surface area contributed by atoms with Gasteiger partial charge < -0.3 is 20.3 Å². The summed E-state index contributed by atoms with van der Waals surface area (Å²) in [6.07, 6.45) is 78.1. The maximum atomic E-state index is 12.5. The predicted octanol–water partition coefficient (Wildman–Crippen LogP) is 21.0. The molecule has 0 spiro atoms. The number of aliphatic hydroxyl groups is 2. The van der Waals surface area contributed by atoms with Crippen molar-refractivity contribution >= 4 is 11.9 Å². The summed E-state index contributed by atoms with van der Waals surface area (Å²) in [5.41, 5.74) is 0. The smallest absolute Gasteiger partial charge is 0.305 e. The molecule has 3 N–H and O–H groups in total. The number of amides is 1. The third-order valence-electron chi connectivity index (χ3n) is 15.5. The van der Waals surface area contributed by atoms with E-state index in [2.05, 4.69) is 31.3 Å². The van der Waals surface area contributed by atoms with Crippen LogP contribution in [0.2, 0.25) is 0 Å². The summed E-state index contributed by atoms with van der Waals surface area (Å²) in [6, 6.07) is -0.629. The topological polar surface area (TPSA) is 95.9 Å². The summed E-state index contributed by atoms with van der Waals surface area (Å²) < 4.78 is 5.50. The van der Waals surface area contributed by atoms with Gasteiger partial charge in [-0.3, -0.25) is 9.59 Å². The van der Waals surface area contributed by atoms with Crippen LogP contribution in [0.1, 0.15) is 367 Å². The average molecular weight is 1030 g/mol. The lowest BCUT2D eigenvalue weighted by Crippen LogP contribution is -2.45. The first kappa shape index (κ1) is 71.3. The third-order valence-corrected chi connectivity index (χ3v) is 15.5. The van der Waals surface area contributed by atoms with Gasteiger partial charge in [-0.25, -0.2) is 0 Å². The largest absolute Gasteiger partial charge is 0.466 e. The van der Waals surface area contributed by atoms with Crippen LogP contribution in [-0.2, 0) is 14.3 Å². The minimum Gasteiger partial charge on any atom is -0.466 e. The maximum Gasteiger partial charge on any atom is 0.305 e.